The number of benzene rings is 2. The molecular weight excluding hydrogens is 322 g/mol. The van der Waals surface area contributed by atoms with Gasteiger partial charge in [0.05, 0.1) is 13.7 Å². The summed E-state index contributed by atoms with van der Waals surface area (Å²) in [6.45, 7) is 2.67. The lowest BCUT2D eigenvalue weighted by Crippen LogP contribution is -2.07. The first-order valence-electron chi connectivity index (χ1n) is 7.89. The largest absolute Gasteiger partial charge is 0.493 e. The Kier molecular flexibility index (Phi) is 5.09. The molecule has 0 aromatic heterocycles. The van der Waals surface area contributed by atoms with E-state index in [4.69, 9.17) is 18.9 Å². The van der Waals surface area contributed by atoms with Crippen molar-refractivity contribution in [3.8, 4) is 23.0 Å². The molecule has 0 saturated carbocycles. The fraction of sp³-hybridized carbons (Fsp3) is 0.211. The lowest BCUT2D eigenvalue weighted by atomic mass is 10.2. The molecule has 1 amide bonds. The third-order valence-electron chi connectivity index (χ3n) is 3.55. The van der Waals surface area contributed by atoms with Crippen LogP contribution in [0.4, 0.5) is 5.69 Å². The fourth-order valence-corrected chi connectivity index (χ4v) is 2.39. The van der Waals surface area contributed by atoms with Gasteiger partial charge in [-0.3, -0.25) is 4.79 Å². The second-order valence-corrected chi connectivity index (χ2v) is 5.23. The standard InChI is InChI=1S/C19H19NO5/c1-3-23-15-7-4-13(10-17(15)22-2)5-9-19(21)20-14-6-8-16-18(11-14)25-12-24-16/h4-11H,3,12H2,1-2H3,(H,20,21). The van der Waals surface area contributed by atoms with Crippen molar-refractivity contribution in [2.45, 2.75) is 6.92 Å². The van der Waals surface area contributed by atoms with Crippen molar-refractivity contribution in [1.82, 2.24) is 0 Å². The number of fused-ring (bicyclic) bond motifs is 1. The third-order valence-corrected chi connectivity index (χ3v) is 3.55. The maximum Gasteiger partial charge on any atom is 0.248 e. The Labute approximate surface area is 146 Å². The van der Waals surface area contributed by atoms with Crippen molar-refractivity contribution in [3.63, 3.8) is 0 Å². The van der Waals surface area contributed by atoms with E-state index in [0.29, 0.717) is 35.3 Å². The molecule has 0 saturated heterocycles. The Morgan fingerprint density at radius 2 is 2.00 bits per heavy atom. The average Bonchev–Trinajstić information content (AvgIpc) is 3.09. The van der Waals surface area contributed by atoms with Crippen LogP contribution in [0.15, 0.2) is 42.5 Å². The first-order chi connectivity index (χ1) is 12.2. The summed E-state index contributed by atoms with van der Waals surface area (Å²) >= 11 is 0. The van der Waals surface area contributed by atoms with Crippen LogP contribution in [0.3, 0.4) is 0 Å². The molecule has 1 heterocycles. The van der Waals surface area contributed by atoms with E-state index >= 15 is 0 Å². The highest BCUT2D eigenvalue weighted by Gasteiger charge is 2.13. The highest BCUT2D eigenvalue weighted by Crippen LogP contribution is 2.34. The number of methoxy groups -OCH3 is 1. The topological polar surface area (TPSA) is 66.0 Å². The first-order valence-corrected chi connectivity index (χ1v) is 7.89. The van der Waals surface area contributed by atoms with E-state index in [1.807, 2.05) is 25.1 Å². The zero-order valence-corrected chi connectivity index (χ0v) is 14.1. The Bertz CT molecular complexity index is 800. The highest BCUT2D eigenvalue weighted by molar-refractivity contribution is 6.02. The molecule has 2 aromatic rings. The second-order valence-electron chi connectivity index (χ2n) is 5.23. The number of hydrogen-bond donors (Lipinski definition) is 1. The van der Waals surface area contributed by atoms with Gasteiger partial charge in [0.25, 0.3) is 0 Å². The van der Waals surface area contributed by atoms with Gasteiger partial charge in [-0.1, -0.05) is 6.07 Å². The molecule has 0 bridgehead atoms. The summed E-state index contributed by atoms with van der Waals surface area (Å²) in [6, 6.07) is 10.7. The van der Waals surface area contributed by atoms with E-state index in [1.54, 1.807) is 31.4 Å². The summed E-state index contributed by atoms with van der Waals surface area (Å²) in [5.41, 5.74) is 1.48. The molecule has 3 rings (SSSR count). The molecule has 2 aromatic carbocycles. The van der Waals surface area contributed by atoms with Crippen LogP contribution in [-0.2, 0) is 4.79 Å². The quantitative estimate of drug-likeness (QED) is 0.815. The molecule has 6 heteroatoms. The molecule has 1 aliphatic heterocycles. The normalized spacial score (nSPS) is 12.2. The van der Waals surface area contributed by atoms with Gasteiger partial charge in [-0.15, -0.1) is 0 Å². The Hall–Kier alpha value is -3.15. The van der Waals surface area contributed by atoms with Gasteiger partial charge >= 0.3 is 0 Å². The van der Waals surface area contributed by atoms with E-state index in [2.05, 4.69) is 5.32 Å². The van der Waals surface area contributed by atoms with Crippen LogP contribution in [0.25, 0.3) is 6.08 Å². The summed E-state index contributed by atoms with van der Waals surface area (Å²) in [5.74, 6) is 2.35. The maximum atomic E-state index is 12.1. The lowest BCUT2D eigenvalue weighted by molar-refractivity contribution is -0.111. The van der Waals surface area contributed by atoms with Crippen LogP contribution in [0.2, 0.25) is 0 Å². The summed E-state index contributed by atoms with van der Waals surface area (Å²) in [4.78, 5) is 12.1. The molecule has 1 aliphatic rings. The smallest absolute Gasteiger partial charge is 0.248 e. The Morgan fingerprint density at radius 3 is 2.80 bits per heavy atom. The van der Waals surface area contributed by atoms with Crippen molar-refractivity contribution >= 4 is 17.7 Å². The maximum absolute atomic E-state index is 12.1. The summed E-state index contributed by atoms with van der Waals surface area (Å²) in [7, 11) is 1.58. The van der Waals surface area contributed by atoms with Gasteiger partial charge in [0.2, 0.25) is 12.7 Å². The number of hydrogen-bond acceptors (Lipinski definition) is 5. The van der Waals surface area contributed by atoms with Gasteiger partial charge in [0.1, 0.15) is 0 Å². The van der Waals surface area contributed by atoms with Crippen LogP contribution >= 0.6 is 0 Å². The summed E-state index contributed by atoms with van der Waals surface area (Å²) < 4.78 is 21.3. The SMILES string of the molecule is CCOc1ccc(C=CC(=O)Nc2ccc3c(c2)OCO3)cc1OC. The Morgan fingerprint density at radius 1 is 1.16 bits per heavy atom. The van der Waals surface area contributed by atoms with Crippen molar-refractivity contribution in [2.75, 3.05) is 25.8 Å². The summed E-state index contributed by atoms with van der Waals surface area (Å²) in [6.07, 6.45) is 3.17. The first kappa shape index (κ1) is 16.7. The number of nitrogens with one attached hydrogen (secondary N) is 1. The van der Waals surface area contributed by atoms with E-state index in [-0.39, 0.29) is 12.7 Å². The molecule has 0 atom stereocenters. The monoisotopic (exact) mass is 341 g/mol. The van der Waals surface area contributed by atoms with E-state index in [0.717, 1.165) is 5.56 Å². The molecule has 0 unspecified atom stereocenters. The third kappa shape index (κ3) is 4.03. The molecule has 0 spiro atoms. The number of carbonyl (C=O) groups excluding carboxylic acids is 1. The van der Waals surface area contributed by atoms with Crippen molar-refractivity contribution in [3.05, 3.63) is 48.0 Å². The Balaban J connectivity index is 1.66. The molecule has 6 nitrogen and oxygen atoms in total. The number of amides is 1. The van der Waals surface area contributed by atoms with Crippen molar-refractivity contribution < 1.29 is 23.7 Å². The predicted octanol–water partition coefficient (Wildman–Crippen LogP) is 3.47. The fourth-order valence-electron chi connectivity index (χ4n) is 2.39. The molecule has 1 N–H and O–H groups in total. The van der Waals surface area contributed by atoms with Crippen molar-refractivity contribution in [2.24, 2.45) is 0 Å². The molecule has 25 heavy (non-hydrogen) atoms. The average molecular weight is 341 g/mol. The van der Waals surface area contributed by atoms with Gasteiger partial charge in [0.15, 0.2) is 23.0 Å². The minimum Gasteiger partial charge on any atom is -0.493 e. The lowest BCUT2D eigenvalue weighted by Gasteiger charge is -2.09. The van der Waals surface area contributed by atoms with Gasteiger partial charge < -0.3 is 24.3 Å². The number of anilines is 1. The van der Waals surface area contributed by atoms with Crippen LogP contribution in [0.1, 0.15) is 12.5 Å². The highest BCUT2D eigenvalue weighted by atomic mass is 16.7. The van der Waals surface area contributed by atoms with Gasteiger partial charge in [0, 0.05) is 17.8 Å². The predicted molar refractivity (Wildman–Crippen MR) is 94.4 cm³/mol. The number of carbonyl (C=O) groups is 1. The molecular formula is C19H19NO5. The number of rotatable bonds is 6. The van der Waals surface area contributed by atoms with Crippen LogP contribution < -0.4 is 24.3 Å². The zero-order chi connectivity index (χ0) is 17.6. The molecule has 130 valence electrons. The minimum atomic E-state index is -0.244. The van der Waals surface area contributed by atoms with Crippen molar-refractivity contribution in [1.29, 1.82) is 0 Å². The van der Waals surface area contributed by atoms with Gasteiger partial charge in [-0.05, 0) is 42.8 Å². The number of ether oxygens (including phenoxy) is 4. The summed E-state index contributed by atoms with van der Waals surface area (Å²) in [5, 5.41) is 2.78. The molecule has 0 fully saturated rings. The van der Waals surface area contributed by atoms with Crippen LogP contribution in [0.5, 0.6) is 23.0 Å². The minimum absolute atomic E-state index is 0.201. The van der Waals surface area contributed by atoms with Gasteiger partial charge in [-0.2, -0.15) is 0 Å². The van der Waals surface area contributed by atoms with E-state index in [1.165, 1.54) is 6.08 Å². The van der Waals surface area contributed by atoms with Crippen LogP contribution in [-0.4, -0.2) is 26.4 Å². The molecule has 0 radical (unpaired) electrons. The van der Waals surface area contributed by atoms with Gasteiger partial charge in [-0.25, -0.2) is 0 Å². The molecule has 0 aliphatic carbocycles. The van der Waals surface area contributed by atoms with E-state index < -0.39 is 0 Å². The van der Waals surface area contributed by atoms with Crippen LogP contribution in [0, 0.1) is 0 Å². The second kappa shape index (κ2) is 7.61. The zero-order valence-electron chi connectivity index (χ0n) is 14.1. The van der Waals surface area contributed by atoms with E-state index in [9.17, 15) is 4.79 Å².